The number of nitrogens with zero attached hydrogens (tertiary/aromatic N) is 1. The molecule has 80 valence electrons. The molecule has 4 heteroatoms. The molecule has 15 heavy (non-hydrogen) atoms. The van der Waals surface area contributed by atoms with Crippen LogP contribution in [0.1, 0.15) is 24.3 Å². The first-order chi connectivity index (χ1) is 7.24. The van der Waals surface area contributed by atoms with Crippen molar-refractivity contribution in [2.75, 3.05) is 7.11 Å². The van der Waals surface area contributed by atoms with Crippen molar-refractivity contribution in [2.24, 2.45) is 5.92 Å². The topological polar surface area (TPSA) is 59.4 Å². The van der Waals surface area contributed by atoms with Gasteiger partial charge in [0.1, 0.15) is 5.75 Å². The van der Waals surface area contributed by atoms with E-state index in [2.05, 4.69) is 4.98 Å². The number of carboxylic acids is 1. The van der Waals surface area contributed by atoms with E-state index in [0.717, 1.165) is 12.8 Å². The Kier molecular flexibility index (Phi) is 2.58. The summed E-state index contributed by atoms with van der Waals surface area (Å²) in [5.41, 5.74) is 0.690. The molecule has 0 radical (unpaired) electrons. The van der Waals surface area contributed by atoms with Crippen molar-refractivity contribution in [2.45, 2.75) is 18.8 Å². The second kappa shape index (κ2) is 3.88. The summed E-state index contributed by atoms with van der Waals surface area (Å²) in [6.45, 7) is 0. The molecule has 2 rings (SSSR count). The average Bonchev–Trinajstić information content (AvgIpc) is 3.03. The van der Waals surface area contributed by atoms with E-state index < -0.39 is 11.9 Å². The summed E-state index contributed by atoms with van der Waals surface area (Å²) >= 11 is 0. The molecule has 1 aromatic heterocycles. The zero-order valence-corrected chi connectivity index (χ0v) is 8.51. The number of carbonyl (C=O) groups is 1. The Morgan fingerprint density at radius 1 is 1.67 bits per heavy atom. The number of carboxylic acid groups (broad SMARTS) is 1. The molecule has 1 aliphatic rings. The molecule has 0 bridgehead atoms. The first kappa shape index (κ1) is 9.96. The zero-order chi connectivity index (χ0) is 10.8. The standard InChI is InChI=1S/C11H13NO3/c1-15-9-4-5-12-6-8(9)10(11(13)14)7-2-3-7/h4-7,10H,2-3H2,1H3,(H,13,14). The largest absolute Gasteiger partial charge is 0.496 e. The molecule has 1 aromatic rings. The maximum atomic E-state index is 11.2. The molecule has 1 atom stereocenters. The van der Waals surface area contributed by atoms with Crippen LogP contribution in [0.25, 0.3) is 0 Å². The Balaban J connectivity index is 2.36. The third-order valence-electron chi connectivity index (χ3n) is 2.72. The average molecular weight is 207 g/mol. The minimum atomic E-state index is -0.788. The lowest BCUT2D eigenvalue weighted by atomic mass is 9.95. The van der Waals surface area contributed by atoms with Gasteiger partial charge in [0.25, 0.3) is 0 Å². The van der Waals surface area contributed by atoms with Gasteiger partial charge in [-0.05, 0) is 24.8 Å². The number of aliphatic carboxylic acids is 1. The predicted octanol–water partition coefficient (Wildman–Crippen LogP) is 1.67. The summed E-state index contributed by atoms with van der Waals surface area (Å²) in [4.78, 5) is 15.1. The summed E-state index contributed by atoms with van der Waals surface area (Å²) in [5.74, 6) is -0.387. The van der Waals surface area contributed by atoms with Crippen molar-refractivity contribution < 1.29 is 14.6 Å². The van der Waals surface area contributed by atoms with E-state index in [1.165, 1.54) is 0 Å². The van der Waals surface area contributed by atoms with E-state index in [4.69, 9.17) is 4.74 Å². The number of aromatic nitrogens is 1. The summed E-state index contributed by atoms with van der Waals surface area (Å²) in [5, 5.41) is 9.17. The molecule has 0 saturated heterocycles. The van der Waals surface area contributed by atoms with Crippen LogP contribution in [0.2, 0.25) is 0 Å². The van der Waals surface area contributed by atoms with Gasteiger partial charge in [-0.3, -0.25) is 9.78 Å². The summed E-state index contributed by atoms with van der Waals surface area (Å²) in [7, 11) is 1.55. The van der Waals surface area contributed by atoms with E-state index in [1.807, 2.05) is 0 Å². The third kappa shape index (κ3) is 1.93. The van der Waals surface area contributed by atoms with Crippen LogP contribution in [0.3, 0.4) is 0 Å². The van der Waals surface area contributed by atoms with Gasteiger partial charge in [-0.2, -0.15) is 0 Å². The SMILES string of the molecule is COc1ccncc1C(C(=O)O)C1CC1. The first-order valence-electron chi connectivity index (χ1n) is 4.94. The van der Waals surface area contributed by atoms with Crippen LogP contribution in [0.4, 0.5) is 0 Å². The van der Waals surface area contributed by atoms with E-state index in [9.17, 15) is 9.90 Å². The first-order valence-corrected chi connectivity index (χ1v) is 4.94. The Bertz CT molecular complexity index is 374. The maximum absolute atomic E-state index is 11.2. The van der Waals surface area contributed by atoms with Crippen molar-refractivity contribution in [3.63, 3.8) is 0 Å². The highest BCUT2D eigenvalue weighted by Gasteiger charge is 2.38. The van der Waals surface area contributed by atoms with Crippen molar-refractivity contribution in [1.29, 1.82) is 0 Å². The van der Waals surface area contributed by atoms with Crippen LogP contribution in [-0.2, 0) is 4.79 Å². The van der Waals surface area contributed by atoms with Crippen LogP contribution in [0.5, 0.6) is 5.75 Å². The van der Waals surface area contributed by atoms with Gasteiger partial charge in [0.15, 0.2) is 0 Å². The highest BCUT2D eigenvalue weighted by atomic mass is 16.5. The Labute approximate surface area is 87.9 Å². The third-order valence-corrected chi connectivity index (χ3v) is 2.72. The fraction of sp³-hybridized carbons (Fsp3) is 0.455. The van der Waals surface area contributed by atoms with Crippen LogP contribution >= 0.6 is 0 Å². The smallest absolute Gasteiger partial charge is 0.311 e. The van der Waals surface area contributed by atoms with Gasteiger partial charge in [0.2, 0.25) is 0 Å². The van der Waals surface area contributed by atoms with Crippen molar-refractivity contribution in [3.8, 4) is 5.75 Å². The van der Waals surface area contributed by atoms with Gasteiger partial charge in [-0.25, -0.2) is 0 Å². The molecule has 1 heterocycles. The van der Waals surface area contributed by atoms with Gasteiger partial charge in [-0.15, -0.1) is 0 Å². The second-order valence-electron chi connectivity index (χ2n) is 3.77. The van der Waals surface area contributed by atoms with Crippen molar-refractivity contribution in [1.82, 2.24) is 4.98 Å². The molecule has 1 aliphatic carbocycles. The van der Waals surface area contributed by atoms with Crippen LogP contribution in [0.15, 0.2) is 18.5 Å². The van der Waals surface area contributed by atoms with Gasteiger partial charge in [0.05, 0.1) is 13.0 Å². The molecule has 0 spiro atoms. The summed E-state index contributed by atoms with van der Waals surface area (Å²) in [6.07, 6.45) is 5.16. The molecule has 0 aliphatic heterocycles. The fourth-order valence-electron chi connectivity index (χ4n) is 1.83. The lowest BCUT2D eigenvalue weighted by Gasteiger charge is -2.14. The highest BCUT2D eigenvalue weighted by Crippen LogP contribution is 2.44. The minimum absolute atomic E-state index is 0.251. The summed E-state index contributed by atoms with van der Waals surface area (Å²) in [6, 6.07) is 1.70. The number of ether oxygens (including phenoxy) is 1. The zero-order valence-electron chi connectivity index (χ0n) is 8.51. The molecule has 4 nitrogen and oxygen atoms in total. The molecule has 1 saturated carbocycles. The van der Waals surface area contributed by atoms with E-state index in [1.54, 1.807) is 25.6 Å². The van der Waals surface area contributed by atoms with E-state index >= 15 is 0 Å². The molecule has 1 fully saturated rings. The van der Waals surface area contributed by atoms with Gasteiger partial charge in [-0.1, -0.05) is 0 Å². The quantitative estimate of drug-likeness (QED) is 0.815. The van der Waals surface area contributed by atoms with Gasteiger partial charge < -0.3 is 9.84 Å². The monoisotopic (exact) mass is 207 g/mol. The predicted molar refractivity (Wildman–Crippen MR) is 53.9 cm³/mol. The Morgan fingerprint density at radius 2 is 2.40 bits per heavy atom. The van der Waals surface area contributed by atoms with E-state index in [0.29, 0.717) is 11.3 Å². The van der Waals surface area contributed by atoms with E-state index in [-0.39, 0.29) is 5.92 Å². The molecule has 1 N–H and O–H groups in total. The minimum Gasteiger partial charge on any atom is -0.496 e. The number of hydrogen-bond acceptors (Lipinski definition) is 3. The van der Waals surface area contributed by atoms with Gasteiger partial charge >= 0.3 is 5.97 Å². The number of rotatable bonds is 4. The molecule has 1 unspecified atom stereocenters. The molecular formula is C11H13NO3. The maximum Gasteiger partial charge on any atom is 0.311 e. The Morgan fingerprint density at radius 3 is 2.93 bits per heavy atom. The normalized spacial score (nSPS) is 17.1. The lowest BCUT2D eigenvalue weighted by Crippen LogP contribution is -2.14. The number of methoxy groups -OCH3 is 1. The molecular weight excluding hydrogens is 194 g/mol. The highest BCUT2D eigenvalue weighted by molar-refractivity contribution is 5.78. The molecule has 0 amide bonds. The number of hydrogen-bond donors (Lipinski definition) is 1. The van der Waals surface area contributed by atoms with Crippen LogP contribution in [0, 0.1) is 5.92 Å². The fourth-order valence-corrected chi connectivity index (χ4v) is 1.83. The summed E-state index contributed by atoms with van der Waals surface area (Å²) < 4.78 is 5.15. The van der Waals surface area contributed by atoms with Crippen LogP contribution < -0.4 is 4.74 Å². The van der Waals surface area contributed by atoms with Gasteiger partial charge in [0, 0.05) is 18.0 Å². The van der Waals surface area contributed by atoms with Crippen molar-refractivity contribution in [3.05, 3.63) is 24.0 Å². The van der Waals surface area contributed by atoms with Crippen molar-refractivity contribution >= 4 is 5.97 Å². The Hall–Kier alpha value is -1.58. The van der Waals surface area contributed by atoms with Crippen LogP contribution in [-0.4, -0.2) is 23.2 Å². The molecule has 0 aromatic carbocycles. The second-order valence-corrected chi connectivity index (χ2v) is 3.77. The number of pyridine rings is 1. The lowest BCUT2D eigenvalue weighted by molar-refractivity contribution is -0.139.